The molecule has 138 valence electrons. The lowest BCUT2D eigenvalue weighted by Gasteiger charge is -2.45. The molecule has 25 heavy (non-hydrogen) atoms. The molecule has 0 aromatic carbocycles. The minimum Gasteiger partial charge on any atom is -0.351 e. The molecule has 2 heterocycles. The molecule has 2 fully saturated rings. The third-order valence-electron chi connectivity index (χ3n) is 5.58. The molecular formula is C18H28N4O2S. The van der Waals surface area contributed by atoms with E-state index in [0.29, 0.717) is 19.6 Å². The van der Waals surface area contributed by atoms with Crippen molar-refractivity contribution in [1.82, 2.24) is 15.2 Å². The summed E-state index contributed by atoms with van der Waals surface area (Å²) in [5, 5.41) is 3.36. The number of nitrogens with zero attached hydrogens (tertiary/aromatic N) is 3. The number of aryl methyl sites for hydroxylation is 1. The van der Waals surface area contributed by atoms with E-state index in [1.807, 2.05) is 19.1 Å². The van der Waals surface area contributed by atoms with E-state index in [1.54, 1.807) is 13.2 Å². The first-order valence-electron chi connectivity index (χ1n) is 9.06. The highest BCUT2D eigenvalue weighted by atomic mass is 32.2. The molecule has 1 aromatic heterocycles. The fourth-order valence-electron chi connectivity index (χ4n) is 4.02. The van der Waals surface area contributed by atoms with Crippen molar-refractivity contribution in [3.63, 3.8) is 0 Å². The fourth-order valence-corrected chi connectivity index (χ4v) is 6.17. The number of rotatable bonds is 2. The van der Waals surface area contributed by atoms with Crippen molar-refractivity contribution in [2.24, 2.45) is 4.99 Å². The van der Waals surface area contributed by atoms with Gasteiger partial charge in [-0.2, -0.15) is 0 Å². The van der Waals surface area contributed by atoms with Crippen molar-refractivity contribution in [2.45, 2.75) is 50.3 Å². The van der Waals surface area contributed by atoms with Gasteiger partial charge in [-0.05, 0) is 31.4 Å². The molecule has 1 spiro atoms. The van der Waals surface area contributed by atoms with Crippen molar-refractivity contribution in [3.8, 4) is 0 Å². The van der Waals surface area contributed by atoms with Crippen LogP contribution in [0.25, 0.3) is 0 Å². The molecule has 0 radical (unpaired) electrons. The molecule has 1 aromatic rings. The zero-order valence-corrected chi connectivity index (χ0v) is 16.0. The van der Waals surface area contributed by atoms with Crippen LogP contribution in [0.4, 0.5) is 0 Å². The fraction of sp³-hybridized carbons (Fsp3) is 0.667. The number of aromatic nitrogens is 1. The molecule has 1 aliphatic carbocycles. The summed E-state index contributed by atoms with van der Waals surface area (Å²) in [6, 6.07) is 3.97. The van der Waals surface area contributed by atoms with Crippen LogP contribution in [-0.4, -0.2) is 54.9 Å². The Morgan fingerprint density at radius 2 is 2.12 bits per heavy atom. The van der Waals surface area contributed by atoms with Crippen LogP contribution in [0.15, 0.2) is 23.3 Å². The number of nitrogens with one attached hydrogen (secondary N) is 1. The highest BCUT2D eigenvalue weighted by Gasteiger charge is 2.48. The topological polar surface area (TPSA) is 74.7 Å². The molecule has 3 rings (SSSR count). The molecule has 0 atom stereocenters. The lowest BCUT2D eigenvalue weighted by Crippen LogP contribution is -2.60. The average molecular weight is 365 g/mol. The predicted molar refractivity (Wildman–Crippen MR) is 100 cm³/mol. The summed E-state index contributed by atoms with van der Waals surface area (Å²) in [5.41, 5.74) is 2.12. The van der Waals surface area contributed by atoms with Gasteiger partial charge in [0.25, 0.3) is 0 Å². The lowest BCUT2D eigenvalue weighted by molar-refractivity contribution is 0.274. The molecule has 1 N–H and O–H groups in total. The van der Waals surface area contributed by atoms with Gasteiger partial charge in [-0.15, -0.1) is 0 Å². The van der Waals surface area contributed by atoms with E-state index in [0.717, 1.165) is 49.3 Å². The van der Waals surface area contributed by atoms with Crippen molar-refractivity contribution < 1.29 is 8.42 Å². The molecule has 1 aliphatic heterocycles. The number of aliphatic imine (C=N–C) groups is 1. The second-order valence-electron chi connectivity index (χ2n) is 7.15. The molecule has 0 bridgehead atoms. The van der Waals surface area contributed by atoms with Gasteiger partial charge < -0.3 is 10.2 Å². The van der Waals surface area contributed by atoms with Crippen molar-refractivity contribution in [2.75, 3.05) is 25.9 Å². The number of sulfone groups is 1. The number of hydrogen-bond donors (Lipinski definition) is 1. The van der Waals surface area contributed by atoms with E-state index in [-0.39, 0.29) is 5.75 Å². The SMILES string of the molecule is CN=C(NCc1ncccc1C)N1CCS(=O)(=O)C2(CCCCC2)C1. The second-order valence-corrected chi connectivity index (χ2v) is 9.66. The summed E-state index contributed by atoms with van der Waals surface area (Å²) in [6.45, 7) is 3.69. The second kappa shape index (κ2) is 7.32. The van der Waals surface area contributed by atoms with Gasteiger partial charge >= 0.3 is 0 Å². The highest BCUT2D eigenvalue weighted by Crippen LogP contribution is 2.38. The van der Waals surface area contributed by atoms with Crippen LogP contribution in [0, 0.1) is 6.92 Å². The number of pyridine rings is 1. The molecule has 7 heteroatoms. The van der Waals surface area contributed by atoms with Crippen LogP contribution >= 0.6 is 0 Å². The average Bonchev–Trinajstić information content (AvgIpc) is 2.61. The van der Waals surface area contributed by atoms with E-state index < -0.39 is 14.6 Å². The summed E-state index contributed by atoms with van der Waals surface area (Å²) in [6.07, 6.45) is 6.50. The van der Waals surface area contributed by atoms with Crippen LogP contribution in [0.5, 0.6) is 0 Å². The van der Waals surface area contributed by atoms with Crippen LogP contribution in [0.2, 0.25) is 0 Å². The first-order valence-corrected chi connectivity index (χ1v) is 10.7. The van der Waals surface area contributed by atoms with Gasteiger partial charge in [0.15, 0.2) is 15.8 Å². The minimum atomic E-state index is -3.03. The first-order chi connectivity index (χ1) is 12.0. The minimum absolute atomic E-state index is 0.219. The van der Waals surface area contributed by atoms with Gasteiger partial charge in [0, 0.05) is 26.3 Å². The van der Waals surface area contributed by atoms with Crippen LogP contribution in [-0.2, 0) is 16.4 Å². The Kier molecular flexibility index (Phi) is 5.32. The summed E-state index contributed by atoms with van der Waals surface area (Å²) in [5.74, 6) is 0.987. The molecule has 6 nitrogen and oxygen atoms in total. The number of hydrogen-bond acceptors (Lipinski definition) is 4. The quantitative estimate of drug-likeness (QED) is 0.641. The maximum atomic E-state index is 12.7. The zero-order chi connectivity index (χ0) is 17.9. The molecule has 1 saturated carbocycles. The van der Waals surface area contributed by atoms with Crippen LogP contribution in [0.3, 0.4) is 0 Å². The third-order valence-corrected chi connectivity index (χ3v) is 8.15. The van der Waals surface area contributed by atoms with Crippen LogP contribution in [0.1, 0.15) is 43.4 Å². The largest absolute Gasteiger partial charge is 0.351 e. The Morgan fingerprint density at radius 1 is 1.36 bits per heavy atom. The summed E-state index contributed by atoms with van der Waals surface area (Å²) in [4.78, 5) is 10.9. The highest BCUT2D eigenvalue weighted by molar-refractivity contribution is 7.92. The molecule has 1 saturated heterocycles. The zero-order valence-electron chi connectivity index (χ0n) is 15.2. The smallest absolute Gasteiger partial charge is 0.194 e. The maximum absolute atomic E-state index is 12.7. The molecule has 2 aliphatic rings. The van der Waals surface area contributed by atoms with Gasteiger partial charge in [-0.3, -0.25) is 9.98 Å². The summed E-state index contributed by atoms with van der Waals surface area (Å²) < 4.78 is 24.9. The van der Waals surface area contributed by atoms with Gasteiger partial charge in [-0.25, -0.2) is 8.42 Å². The Balaban J connectivity index is 1.72. The lowest BCUT2D eigenvalue weighted by atomic mass is 9.87. The Morgan fingerprint density at radius 3 is 2.80 bits per heavy atom. The van der Waals surface area contributed by atoms with Crippen molar-refractivity contribution in [1.29, 1.82) is 0 Å². The monoisotopic (exact) mass is 364 g/mol. The first kappa shape index (κ1) is 18.2. The van der Waals surface area contributed by atoms with Gasteiger partial charge in [0.1, 0.15) is 0 Å². The van der Waals surface area contributed by atoms with Crippen molar-refractivity contribution >= 4 is 15.8 Å². The van der Waals surface area contributed by atoms with E-state index >= 15 is 0 Å². The van der Waals surface area contributed by atoms with Gasteiger partial charge in [-0.1, -0.05) is 25.3 Å². The van der Waals surface area contributed by atoms with Crippen LogP contribution < -0.4 is 5.32 Å². The van der Waals surface area contributed by atoms with Crippen molar-refractivity contribution in [3.05, 3.63) is 29.6 Å². The van der Waals surface area contributed by atoms with E-state index in [2.05, 4.69) is 20.2 Å². The van der Waals surface area contributed by atoms with E-state index in [4.69, 9.17) is 0 Å². The Hall–Kier alpha value is -1.63. The van der Waals surface area contributed by atoms with E-state index in [1.165, 1.54) is 0 Å². The maximum Gasteiger partial charge on any atom is 0.194 e. The molecule has 0 unspecified atom stereocenters. The molecule has 0 amide bonds. The summed E-state index contributed by atoms with van der Waals surface area (Å²) >= 11 is 0. The Labute approximate surface area is 150 Å². The van der Waals surface area contributed by atoms with Gasteiger partial charge in [0.05, 0.1) is 22.7 Å². The predicted octanol–water partition coefficient (Wildman–Crippen LogP) is 1.90. The summed E-state index contributed by atoms with van der Waals surface area (Å²) in [7, 11) is -1.28. The van der Waals surface area contributed by atoms with Gasteiger partial charge in [0.2, 0.25) is 0 Å². The van der Waals surface area contributed by atoms with E-state index in [9.17, 15) is 8.42 Å². The third kappa shape index (κ3) is 3.66. The number of guanidine groups is 1. The normalized spacial score (nSPS) is 22.8. The molecular weight excluding hydrogens is 336 g/mol. The standard InChI is InChI=1S/C18H28N4O2S/c1-15-7-6-10-20-16(15)13-21-17(19-2)22-11-12-25(23,24)18(14-22)8-4-3-5-9-18/h6-7,10H,3-5,8-9,11-14H2,1-2H3,(H,19,21). The Bertz CT molecular complexity index is 739.